The highest BCUT2D eigenvalue weighted by Crippen LogP contribution is 2.29. The van der Waals surface area contributed by atoms with Gasteiger partial charge >= 0.3 is 0 Å². The van der Waals surface area contributed by atoms with Crippen molar-refractivity contribution in [1.29, 1.82) is 0 Å². The Hall–Kier alpha value is -1.13. The van der Waals surface area contributed by atoms with Gasteiger partial charge in [-0.15, -0.1) is 11.3 Å². The van der Waals surface area contributed by atoms with Crippen molar-refractivity contribution in [1.82, 2.24) is 15.1 Å². The van der Waals surface area contributed by atoms with Crippen LogP contribution in [0.4, 0.5) is 0 Å². The lowest BCUT2D eigenvalue weighted by atomic mass is 10.2. The molecule has 0 amide bonds. The molecule has 2 aromatic rings. The Balaban J connectivity index is 2.21. The lowest BCUT2D eigenvalue weighted by Crippen LogP contribution is -2.10. The van der Waals surface area contributed by atoms with E-state index in [0.717, 1.165) is 18.8 Å². The summed E-state index contributed by atoms with van der Waals surface area (Å²) >= 11 is 1.84. The summed E-state index contributed by atoms with van der Waals surface area (Å²) in [6.45, 7) is 6.15. The third kappa shape index (κ3) is 2.33. The molecule has 0 spiro atoms. The predicted octanol–water partition coefficient (Wildman–Crippen LogP) is 2.57. The number of hydrogen-bond acceptors (Lipinski definition) is 3. The number of nitrogens with zero attached hydrogens (tertiary/aromatic N) is 2. The molecule has 0 atom stereocenters. The molecule has 0 fully saturated rings. The fourth-order valence-electron chi connectivity index (χ4n) is 1.71. The smallest absolute Gasteiger partial charge is 0.0680 e. The van der Waals surface area contributed by atoms with E-state index < -0.39 is 0 Å². The molecule has 0 aromatic carbocycles. The average molecular weight is 235 g/mol. The molecule has 0 aliphatic carbocycles. The van der Waals surface area contributed by atoms with E-state index in [-0.39, 0.29) is 0 Å². The lowest BCUT2D eigenvalue weighted by molar-refractivity contribution is 0.735. The molecule has 2 rings (SSSR count). The van der Waals surface area contributed by atoms with Crippen molar-refractivity contribution in [2.75, 3.05) is 6.54 Å². The van der Waals surface area contributed by atoms with Gasteiger partial charge in [0.25, 0.3) is 0 Å². The van der Waals surface area contributed by atoms with Crippen LogP contribution in [0.1, 0.15) is 17.5 Å². The third-order valence-electron chi connectivity index (χ3n) is 2.49. The summed E-state index contributed by atoms with van der Waals surface area (Å²) in [6.07, 6.45) is 2.08. The van der Waals surface area contributed by atoms with Crippen LogP contribution in [0.5, 0.6) is 0 Å². The van der Waals surface area contributed by atoms with Crippen molar-refractivity contribution in [3.05, 3.63) is 28.9 Å². The molecule has 0 bridgehead atoms. The molecule has 1 N–H and O–H groups in total. The number of nitrogens with one attached hydrogen (secondary N) is 1. The molecule has 0 radical (unpaired) electrons. The monoisotopic (exact) mass is 235 g/mol. The second-order valence-electron chi connectivity index (χ2n) is 3.85. The van der Waals surface area contributed by atoms with Crippen LogP contribution in [-0.4, -0.2) is 16.3 Å². The topological polar surface area (TPSA) is 29.9 Å². The molecule has 86 valence electrons. The van der Waals surface area contributed by atoms with Crippen LogP contribution in [0.25, 0.3) is 10.4 Å². The van der Waals surface area contributed by atoms with Crippen molar-refractivity contribution >= 4 is 11.3 Å². The SMILES string of the molecule is CCNCc1ccc(-c2cn(C)nc2C)s1. The van der Waals surface area contributed by atoms with E-state index >= 15 is 0 Å². The molecule has 0 saturated heterocycles. The first kappa shape index (κ1) is 11.4. The first-order valence-corrected chi connectivity index (χ1v) is 6.32. The maximum Gasteiger partial charge on any atom is 0.0680 e. The zero-order chi connectivity index (χ0) is 11.5. The van der Waals surface area contributed by atoms with Gasteiger partial charge in [0.15, 0.2) is 0 Å². The van der Waals surface area contributed by atoms with Gasteiger partial charge in [0, 0.05) is 35.1 Å². The van der Waals surface area contributed by atoms with Gasteiger partial charge in [-0.1, -0.05) is 6.92 Å². The highest BCUT2D eigenvalue weighted by Gasteiger charge is 2.08. The van der Waals surface area contributed by atoms with E-state index in [1.165, 1.54) is 15.3 Å². The highest BCUT2D eigenvalue weighted by atomic mass is 32.1. The number of aryl methyl sites for hydroxylation is 2. The predicted molar refractivity (Wildman–Crippen MR) is 68.6 cm³/mol. The maximum atomic E-state index is 4.37. The minimum absolute atomic E-state index is 0.959. The summed E-state index contributed by atoms with van der Waals surface area (Å²) in [7, 11) is 1.96. The van der Waals surface area contributed by atoms with Crippen LogP contribution in [0.3, 0.4) is 0 Å². The summed E-state index contributed by atoms with van der Waals surface area (Å²) in [5.41, 5.74) is 2.34. The standard InChI is InChI=1S/C12H17N3S/c1-4-13-7-10-5-6-12(16-10)11-8-15(3)14-9(11)2/h5-6,8,13H,4,7H2,1-3H3. The van der Waals surface area contributed by atoms with Crippen molar-refractivity contribution < 1.29 is 0 Å². The highest BCUT2D eigenvalue weighted by molar-refractivity contribution is 7.15. The van der Waals surface area contributed by atoms with Crippen molar-refractivity contribution in [2.24, 2.45) is 7.05 Å². The Labute approximate surface area is 100 Å². The van der Waals surface area contributed by atoms with E-state index in [2.05, 4.69) is 42.6 Å². The Bertz CT molecular complexity index is 470. The molecule has 0 aliphatic heterocycles. The lowest BCUT2D eigenvalue weighted by Gasteiger charge is -1.96. The molecule has 0 saturated carbocycles. The van der Waals surface area contributed by atoms with Crippen LogP contribution >= 0.6 is 11.3 Å². The van der Waals surface area contributed by atoms with E-state index in [0.29, 0.717) is 0 Å². The number of aromatic nitrogens is 2. The van der Waals surface area contributed by atoms with Gasteiger partial charge < -0.3 is 5.32 Å². The number of rotatable bonds is 4. The quantitative estimate of drug-likeness (QED) is 0.882. The molecular weight excluding hydrogens is 218 g/mol. The fraction of sp³-hybridized carbons (Fsp3) is 0.417. The Morgan fingerprint density at radius 1 is 1.44 bits per heavy atom. The van der Waals surface area contributed by atoms with Gasteiger partial charge in [-0.3, -0.25) is 4.68 Å². The van der Waals surface area contributed by atoms with Crippen LogP contribution in [-0.2, 0) is 13.6 Å². The average Bonchev–Trinajstić information content (AvgIpc) is 2.82. The number of thiophene rings is 1. The first-order chi connectivity index (χ1) is 7.70. The van der Waals surface area contributed by atoms with Gasteiger partial charge in [-0.25, -0.2) is 0 Å². The summed E-state index contributed by atoms with van der Waals surface area (Å²) < 4.78 is 1.87. The third-order valence-corrected chi connectivity index (χ3v) is 3.61. The van der Waals surface area contributed by atoms with E-state index in [1.807, 2.05) is 23.1 Å². The largest absolute Gasteiger partial charge is 0.312 e. The minimum Gasteiger partial charge on any atom is -0.312 e. The van der Waals surface area contributed by atoms with E-state index in [1.54, 1.807) is 0 Å². The number of hydrogen-bond donors (Lipinski definition) is 1. The molecule has 0 unspecified atom stereocenters. The maximum absolute atomic E-state index is 4.37. The minimum atomic E-state index is 0.959. The second kappa shape index (κ2) is 4.80. The van der Waals surface area contributed by atoms with Crippen molar-refractivity contribution in [3.8, 4) is 10.4 Å². The Morgan fingerprint density at radius 3 is 2.88 bits per heavy atom. The normalized spacial score (nSPS) is 10.9. The van der Waals surface area contributed by atoms with Crippen LogP contribution in [0.15, 0.2) is 18.3 Å². The van der Waals surface area contributed by atoms with E-state index in [9.17, 15) is 0 Å². The van der Waals surface area contributed by atoms with Crippen molar-refractivity contribution in [2.45, 2.75) is 20.4 Å². The second-order valence-corrected chi connectivity index (χ2v) is 5.02. The van der Waals surface area contributed by atoms with Gasteiger partial charge in [-0.2, -0.15) is 5.10 Å². The molecule has 2 aromatic heterocycles. The van der Waals surface area contributed by atoms with E-state index in [4.69, 9.17) is 0 Å². The van der Waals surface area contributed by atoms with Crippen LogP contribution < -0.4 is 5.32 Å². The molecule has 0 aliphatic rings. The van der Waals surface area contributed by atoms with Gasteiger partial charge in [-0.05, 0) is 25.6 Å². The zero-order valence-electron chi connectivity index (χ0n) is 9.95. The Morgan fingerprint density at radius 2 is 2.25 bits per heavy atom. The summed E-state index contributed by atoms with van der Waals surface area (Å²) in [5.74, 6) is 0. The molecule has 16 heavy (non-hydrogen) atoms. The first-order valence-electron chi connectivity index (χ1n) is 5.50. The summed E-state index contributed by atoms with van der Waals surface area (Å²) in [4.78, 5) is 2.68. The van der Waals surface area contributed by atoms with Crippen molar-refractivity contribution in [3.63, 3.8) is 0 Å². The van der Waals surface area contributed by atoms with Gasteiger partial charge in [0.05, 0.1) is 5.69 Å². The summed E-state index contributed by atoms with van der Waals surface area (Å²) in [5, 5.41) is 7.71. The van der Waals surface area contributed by atoms with Crippen LogP contribution in [0, 0.1) is 6.92 Å². The van der Waals surface area contributed by atoms with Crippen LogP contribution in [0.2, 0.25) is 0 Å². The fourth-order valence-corrected chi connectivity index (χ4v) is 2.75. The molecule has 2 heterocycles. The molecular formula is C12H17N3S. The zero-order valence-corrected chi connectivity index (χ0v) is 10.8. The Kier molecular flexibility index (Phi) is 3.41. The molecule has 4 heteroatoms. The molecule has 3 nitrogen and oxygen atoms in total. The van der Waals surface area contributed by atoms with Gasteiger partial charge in [0.1, 0.15) is 0 Å². The van der Waals surface area contributed by atoms with Gasteiger partial charge in [0.2, 0.25) is 0 Å². The summed E-state index contributed by atoms with van der Waals surface area (Å²) in [6, 6.07) is 4.37.